The molecule has 12 heavy (non-hydrogen) atoms. The van der Waals surface area contributed by atoms with Gasteiger partial charge in [0, 0.05) is 19.3 Å². The highest BCUT2D eigenvalue weighted by Gasteiger charge is 2.29. The summed E-state index contributed by atoms with van der Waals surface area (Å²) in [6, 6.07) is -0.204. The summed E-state index contributed by atoms with van der Waals surface area (Å²) in [5.74, 6) is -0.000972. The van der Waals surface area contributed by atoms with Gasteiger partial charge in [-0.3, -0.25) is 4.79 Å². The first-order valence-electron chi connectivity index (χ1n) is 4.04. The minimum Gasteiger partial charge on any atom is -0.353 e. The number of rotatable bonds is 2. The fourth-order valence-electron chi connectivity index (χ4n) is 1.39. The van der Waals surface area contributed by atoms with E-state index in [1.165, 1.54) is 0 Å². The molecule has 4 nitrogen and oxygen atoms in total. The molecule has 70 valence electrons. The lowest BCUT2D eigenvalue weighted by molar-refractivity contribution is -0.126. The van der Waals surface area contributed by atoms with Crippen LogP contribution in [0.25, 0.3) is 0 Å². The second-order valence-corrected chi connectivity index (χ2v) is 4.10. The van der Waals surface area contributed by atoms with Crippen LogP contribution in [0, 0.1) is 0 Å². The van der Waals surface area contributed by atoms with Crippen LogP contribution >= 0.6 is 0 Å². The number of hydrogen-bond acceptors (Lipinski definition) is 2. The quantitative estimate of drug-likeness (QED) is 0.637. The predicted molar refractivity (Wildman–Crippen MR) is 47.9 cm³/mol. The molecule has 2 atom stereocenters. The van der Waals surface area contributed by atoms with Gasteiger partial charge in [-0.1, -0.05) is 6.92 Å². The Morgan fingerprint density at radius 2 is 2.42 bits per heavy atom. The van der Waals surface area contributed by atoms with E-state index in [2.05, 4.69) is 5.32 Å². The van der Waals surface area contributed by atoms with Crippen molar-refractivity contribution in [3.05, 3.63) is 0 Å². The minimum absolute atomic E-state index is 0.000972. The third kappa shape index (κ3) is 1.84. The van der Waals surface area contributed by atoms with Gasteiger partial charge in [0.15, 0.2) is 0 Å². The van der Waals surface area contributed by atoms with Crippen molar-refractivity contribution in [2.75, 3.05) is 19.3 Å². The van der Waals surface area contributed by atoms with Gasteiger partial charge < -0.3 is 5.32 Å². The number of piperazine rings is 1. The maximum absolute atomic E-state index is 11.3. The predicted octanol–water partition coefficient (Wildman–Crippen LogP) is -0.510. The molecular weight excluding hydrogens is 176 g/mol. The van der Waals surface area contributed by atoms with E-state index in [1.54, 1.807) is 10.6 Å². The summed E-state index contributed by atoms with van der Waals surface area (Å²) in [7, 11) is -1.03. The second kappa shape index (κ2) is 4.00. The van der Waals surface area contributed by atoms with Crippen LogP contribution in [0.5, 0.6) is 0 Å². The summed E-state index contributed by atoms with van der Waals surface area (Å²) in [5.41, 5.74) is 0. The van der Waals surface area contributed by atoms with E-state index in [-0.39, 0.29) is 11.9 Å². The van der Waals surface area contributed by atoms with Gasteiger partial charge in [0.1, 0.15) is 6.04 Å². The molecule has 1 rings (SSSR count). The molecule has 1 amide bonds. The third-order valence-electron chi connectivity index (χ3n) is 2.00. The first-order chi connectivity index (χ1) is 5.66. The number of amides is 1. The average Bonchev–Trinajstić information content (AvgIpc) is 2.03. The molecule has 0 aliphatic carbocycles. The zero-order chi connectivity index (χ0) is 9.14. The highest BCUT2D eigenvalue weighted by atomic mass is 32.2. The van der Waals surface area contributed by atoms with Crippen LogP contribution in [0.1, 0.15) is 13.3 Å². The van der Waals surface area contributed by atoms with E-state index in [4.69, 9.17) is 0 Å². The lowest BCUT2D eigenvalue weighted by Crippen LogP contribution is -2.55. The van der Waals surface area contributed by atoms with Crippen molar-refractivity contribution in [1.82, 2.24) is 9.62 Å². The molecule has 0 aromatic carbocycles. The highest BCUT2D eigenvalue weighted by Crippen LogP contribution is 2.09. The van der Waals surface area contributed by atoms with E-state index in [0.717, 1.165) is 0 Å². The van der Waals surface area contributed by atoms with Gasteiger partial charge in [-0.2, -0.15) is 0 Å². The van der Waals surface area contributed by atoms with Crippen LogP contribution in [-0.4, -0.2) is 39.8 Å². The summed E-state index contributed by atoms with van der Waals surface area (Å²) < 4.78 is 12.9. The van der Waals surface area contributed by atoms with Crippen molar-refractivity contribution in [2.24, 2.45) is 0 Å². The molecular formula is C7H14N2O2S. The summed E-state index contributed by atoms with van der Waals surface area (Å²) in [5, 5.41) is 2.75. The van der Waals surface area contributed by atoms with E-state index in [1.807, 2.05) is 6.92 Å². The molecule has 0 radical (unpaired) electrons. The summed E-state index contributed by atoms with van der Waals surface area (Å²) in [4.78, 5) is 11.3. The Hall–Kier alpha value is -0.420. The molecule has 1 fully saturated rings. The Labute approximate surface area is 74.9 Å². The summed E-state index contributed by atoms with van der Waals surface area (Å²) >= 11 is 0. The van der Waals surface area contributed by atoms with E-state index in [0.29, 0.717) is 19.5 Å². The molecule has 0 aromatic heterocycles. The van der Waals surface area contributed by atoms with Crippen molar-refractivity contribution in [3.8, 4) is 0 Å². The Kier molecular flexibility index (Phi) is 3.22. The van der Waals surface area contributed by atoms with Gasteiger partial charge in [0.05, 0.1) is 11.0 Å². The zero-order valence-corrected chi connectivity index (χ0v) is 8.19. The summed E-state index contributed by atoms with van der Waals surface area (Å²) in [6.45, 7) is 3.22. The molecule has 1 heterocycles. The van der Waals surface area contributed by atoms with Gasteiger partial charge >= 0.3 is 0 Å². The van der Waals surface area contributed by atoms with Crippen molar-refractivity contribution in [2.45, 2.75) is 19.4 Å². The number of hydrogen-bond donors (Lipinski definition) is 1. The molecule has 0 bridgehead atoms. The number of carbonyl (C=O) groups is 1. The SMILES string of the molecule is CCC1C(=O)NCCN1S(C)=O. The van der Waals surface area contributed by atoms with Crippen LogP contribution < -0.4 is 5.32 Å². The Morgan fingerprint density at radius 1 is 1.75 bits per heavy atom. The molecule has 0 spiro atoms. The minimum atomic E-state index is -1.03. The molecule has 0 saturated carbocycles. The van der Waals surface area contributed by atoms with E-state index < -0.39 is 11.0 Å². The van der Waals surface area contributed by atoms with Crippen molar-refractivity contribution in [3.63, 3.8) is 0 Å². The smallest absolute Gasteiger partial charge is 0.238 e. The maximum atomic E-state index is 11.3. The Bertz CT molecular complexity index is 208. The van der Waals surface area contributed by atoms with Crippen LogP contribution in [0.4, 0.5) is 0 Å². The number of carbonyl (C=O) groups excluding carboxylic acids is 1. The summed E-state index contributed by atoms with van der Waals surface area (Å²) in [6.07, 6.45) is 2.33. The third-order valence-corrected chi connectivity index (χ3v) is 3.10. The molecule has 5 heteroatoms. The normalized spacial score (nSPS) is 28.2. The van der Waals surface area contributed by atoms with E-state index in [9.17, 15) is 9.00 Å². The van der Waals surface area contributed by atoms with Gasteiger partial charge in [-0.15, -0.1) is 0 Å². The molecule has 1 N–H and O–H groups in total. The largest absolute Gasteiger partial charge is 0.353 e. The Morgan fingerprint density at radius 3 is 2.83 bits per heavy atom. The molecule has 1 aliphatic heterocycles. The van der Waals surface area contributed by atoms with Crippen molar-refractivity contribution in [1.29, 1.82) is 0 Å². The van der Waals surface area contributed by atoms with Gasteiger partial charge in [-0.25, -0.2) is 8.51 Å². The molecule has 1 aliphatic rings. The van der Waals surface area contributed by atoms with Crippen LogP contribution in [0.15, 0.2) is 0 Å². The molecule has 0 aromatic rings. The number of nitrogens with zero attached hydrogens (tertiary/aromatic N) is 1. The fourth-order valence-corrected chi connectivity index (χ4v) is 2.34. The van der Waals surface area contributed by atoms with Crippen LogP contribution in [-0.2, 0) is 15.8 Å². The maximum Gasteiger partial charge on any atom is 0.238 e. The lowest BCUT2D eigenvalue weighted by atomic mass is 10.2. The standard InChI is InChI=1S/C7H14N2O2S/c1-3-6-7(10)8-4-5-9(6)12(2)11/h6H,3-5H2,1-2H3,(H,8,10). The fraction of sp³-hybridized carbons (Fsp3) is 0.857. The monoisotopic (exact) mass is 190 g/mol. The lowest BCUT2D eigenvalue weighted by Gasteiger charge is -2.31. The van der Waals surface area contributed by atoms with E-state index >= 15 is 0 Å². The first-order valence-corrected chi connectivity index (χ1v) is 5.56. The van der Waals surface area contributed by atoms with Crippen molar-refractivity contribution >= 4 is 16.9 Å². The first kappa shape index (κ1) is 9.67. The molecule has 1 saturated heterocycles. The van der Waals surface area contributed by atoms with Crippen LogP contribution in [0.2, 0.25) is 0 Å². The average molecular weight is 190 g/mol. The van der Waals surface area contributed by atoms with Crippen molar-refractivity contribution < 1.29 is 9.00 Å². The zero-order valence-electron chi connectivity index (χ0n) is 7.37. The van der Waals surface area contributed by atoms with Gasteiger partial charge in [0.25, 0.3) is 0 Å². The van der Waals surface area contributed by atoms with Crippen LogP contribution in [0.3, 0.4) is 0 Å². The second-order valence-electron chi connectivity index (χ2n) is 2.78. The molecule has 2 unspecified atom stereocenters. The topological polar surface area (TPSA) is 49.4 Å². The van der Waals surface area contributed by atoms with Gasteiger partial charge in [-0.05, 0) is 6.42 Å². The number of nitrogens with one attached hydrogen (secondary N) is 1. The Balaban J connectivity index is 2.70. The van der Waals surface area contributed by atoms with Gasteiger partial charge in [0.2, 0.25) is 5.91 Å². The highest BCUT2D eigenvalue weighted by molar-refractivity contribution is 7.81.